The zero-order valence-corrected chi connectivity index (χ0v) is 14.6. The summed E-state index contributed by atoms with van der Waals surface area (Å²) in [5.41, 5.74) is 0.618. The van der Waals surface area contributed by atoms with Crippen molar-refractivity contribution in [1.29, 1.82) is 0 Å². The molecule has 0 saturated carbocycles. The number of aryl methyl sites for hydroxylation is 2. The zero-order valence-electron chi connectivity index (χ0n) is 13.8. The Morgan fingerprint density at radius 3 is 2.17 bits per heavy atom. The minimum atomic E-state index is -0.854. The van der Waals surface area contributed by atoms with Crippen LogP contribution in [0.2, 0.25) is 0 Å². The van der Waals surface area contributed by atoms with Crippen LogP contribution in [0.15, 0.2) is 0 Å². The van der Waals surface area contributed by atoms with E-state index in [1.54, 1.807) is 23.6 Å². The molecule has 2 rings (SSSR count). The number of amides is 2. The van der Waals surface area contributed by atoms with Crippen LogP contribution in [0.4, 0.5) is 0 Å². The van der Waals surface area contributed by atoms with Crippen molar-refractivity contribution in [2.75, 3.05) is 26.2 Å². The predicted molar refractivity (Wildman–Crippen MR) is 85.3 cm³/mol. The molecule has 0 aliphatic carbocycles. The van der Waals surface area contributed by atoms with Gasteiger partial charge in [0.25, 0.3) is 5.91 Å². The number of nitrogens with zero attached hydrogens (tertiary/aromatic N) is 3. The first kappa shape index (κ1) is 17.4. The van der Waals surface area contributed by atoms with Gasteiger partial charge in [-0.3, -0.25) is 9.59 Å². The van der Waals surface area contributed by atoms with E-state index in [1.807, 2.05) is 6.92 Å². The van der Waals surface area contributed by atoms with Gasteiger partial charge in [-0.15, -0.1) is 11.3 Å². The van der Waals surface area contributed by atoms with E-state index in [9.17, 15) is 14.4 Å². The number of carbonyl (C=O) groups is 3. The van der Waals surface area contributed by atoms with Gasteiger partial charge in [0.2, 0.25) is 5.91 Å². The van der Waals surface area contributed by atoms with Gasteiger partial charge in [0, 0.05) is 33.1 Å². The van der Waals surface area contributed by atoms with Gasteiger partial charge < -0.3 is 14.5 Å². The molecule has 1 atom stereocenters. The maximum atomic E-state index is 12.4. The molecule has 1 aromatic rings. The fraction of sp³-hybridized carbons (Fsp3) is 0.600. The maximum Gasteiger partial charge on any atom is 0.351 e. The number of esters is 1. The third-order valence-electron chi connectivity index (χ3n) is 3.76. The Labute approximate surface area is 139 Å². The number of carbonyl (C=O) groups excluding carboxylic acids is 3. The second-order valence-electron chi connectivity index (χ2n) is 5.53. The molecule has 8 heteroatoms. The number of hydrogen-bond donors (Lipinski definition) is 0. The second-order valence-corrected chi connectivity index (χ2v) is 6.73. The van der Waals surface area contributed by atoms with Crippen molar-refractivity contribution in [1.82, 2.24) is 14.8 Å². The molecular weight excluding hydrogens is 318 g/mol. The smallest absolute Gasteiger partial charge is 0.351 e. The predicted octanol–water partition coefficient (Wildman–Crippen LogP) is 0.996. The standard InChI is InChI=1S/C15H21N3O4S/c1-9-13(23-11(3)16-9)15(21)22-10(2)14(20)18-7-5-17(6-8-18)12(4)19/h10H,5-8H2,1-4H3. The fourth-order valence-corrected chi connectivity index (χ4v) is 3.29. The lowest BCUT2D eigenvalue weighted by Crippen LogP contribution is -2.52. The van der Waals surface area contributed by atoms with Crippen molar-refractivity contribution >= 4 is 29.1 Å². The molecule has 126 valence electrons. The number of piperazine rings is 1. The van der Waals surface area contributed by atoms with Gasteiger partial charge in [0.1, 0.15) is 4.88 Å². The zero-order chi connectivity index (χ0) is 17.1. The van der Waals surface area contributed by atoms with Gasteiger partial charge in [-0.25, -0.2) is 9.78 Å². The molecule has 2 amide bonds. The monoisotopic (exact) mass is 339 g/mol. The van der Waals surface area contributed by atoms with E-state index in [-0.39, 0.29) is 11.8 Å². The molecule has 0 aromatic carbocycles. The molecule has 0 radical (unpaired) electrons. The highest BCUT2D eigenvalue weighted by atomic mass is 32.1. The van der Waals surface area contributed by atoms with E-state index >= 15 is 0 Å². The molecule has 1 unspecified atom stereocenters. The summed E-state index contributed by atoms with van der Waals surface area (Å²) in [4.78, 5) is 43.7. The number of rotatable bonds is 3. The average Bonchev–Trinajstić information content (AvgIpc) is 2.85. The lowest BCUT2D eigenvalue weighted by Gasteiger charge is -2.35. The van der Waals surface area contributed by atoms with Gasteiger partial charge in [-0.05, 0) is 20.8 Å². The number of ether oxygens (including phenoxy) is 1. The highest BCUT2D eigenvalue weighted by Gasteiger charge is 2.29. The summed E-state index contributed by atoms with van der Waals surface area (Å²) in [5.74, 6) is -0.746. The third-order valence-corrected chi connectivity index (χ3v) is 4.81. The molecule has 1 fully saturated rings. The van der Waals surface area contributed by atoms with E-state index < -0.39 is 12.1 Å². The molecule has 1 aromatic heterocycles. The van der Waals surface area contributed by atoms with Crippen LogP contribution < -0.4 is 0 Å². The second kappa shape index (κ2) is 7.08. The third kappa shape index (κ3) is 4.07. The maximum absolute atomic E-state index is 12.4. The molecule has 1 aliphatic rings. The van der Waals surface area contributed by atoms with Crippen molar-refractivity contribution in [3.05, 3.63) is 15.6 Å². The van der Waals surface area contributed by atoms with Gasteiger partial charge in [0.05, 0.1) is 10.7 Å². The Morgan fingerprint density at radius 2 is 1.70 bits per heavy atom. The lowest BCUT2D eigenvalue weighted by molar-refractivity contribution is -0.144. The highest BCUT2D eigenvalue weighted by Crippen LogP contribution is 2.19. The van der Waals surface area contributed by atoms with Crippen molar-refractivity contribution in [2.45, 2.75) is 33.8 Å². The number of aromatic nitrogens is 1. The summed E-state index contributed by atoms with van der Waals surface area (Å²) in [6, 6.07) is 0. The van der Waals surface area contributed by atoms with Gasteiger partial charge in [-0.2, -0.15) is 0 Å². The molecule has 7 nitrogen and oxygen atoms in total. The highest BCUT2D eigenvalue weighted by molar-refractivity contribution is 7.13. The van der Waals surface area contributed by atoms with Crippen LogP contribution in [0.3, 0.4) is 0 Å². The van der Waals surface area contributed by atoms with E-state index in [2.05, 4.69) is 4.98 Å². The minimum Gasteiger partial charge on any atom is -0.448 e. The largest absolute Gasteiger partial charge is 0.448 e. The average molecular weight is 339 g/mol. The van der Waals surface area contributed by atoms with E-state index in [0.29, 0.717) is 36.8 Å². The Balaban J connectivity index is 1.92. The van der Waals surface area contributed by atoms with Gasteiger partial charge in [-0.1, -0.05) is 0 Å². The van der Waals surface area contributed by atoms with Crippen molar-refractivity contribution < 1.29 is 19.1 Å². The van der Waals surface area contributed by atoms with Crippen LogP contribution in [0, 0.1) is 13.8 Å². The van der Waals surface area contributed by atoms with Gasteiger partial charge >= 0.3 is 5.97 Å². The first-order valence-corrected chi connectivity index (χ1v) is 8.30. The van der Waals surface area contributed by atoms with Crippen LogP contribution in [0.25, 0.3) is 0 Å². The lowest BCUT2D eigenvalue weighted by atomic mass is 10.2. The van der Waals surface area contributed by atoms with Crippen molar-refractivity contribution in [3.63, 3.8) is 0 Å². The number of hydrogen-bond acceptors (Lipinski definition) is 6. The van der Waals surface area contributed by atoms with E-state index in [0.717, 1.165) is 5.01 Å². The van der Waals surface area contributed by atoms with Crippen LogP contribution in [0.5, 0.6) is 0 Å². The van der Waals surface area contributed by atoms with E-state index in [1.165, 1.54) is 18.3 Å². The summed E-state index contributed by atoms with van der Waals surface area (Å²) in [7, 11) is 0. The summed E-state index contributed by atoms with van der Waals surface area (Å²) in [6.07, 6.45) is -0.854. The Hall–Kier alpha value is -1.96. The van der Waals surface area contributed by atoms with Crippen LogP contribution in [0.1, 0.15) is 34.2 Å². The Bertz CT molecular complexity index is 620. The molecule has 0 N–H and O–H groups in total. The summed E-state index contributed by atoms with van der Waals surface area (Å²) >= 11 is 1.26. The Kier molecular flexibility index (Phi) is 5.35. The van der Waals surface area contributed by atoms with Crippen molar-refractivity contribution in [3.8, 4) is 0 Å². The molecule has 1 saturated heterocycles. The molecule has 0 spiro atoms. The normalized spacial score (nSPS) is 16.2. The molecule has 23 heavy (non-hydrogen) atoms. The van der Waals surface area contributed by atoms with Gasteiger partial charge in [0.15, 0.2) is 6.10 Å². The number of thiazole rings is 1. The molecular formula is C15H21N3O4S. The fourth-order valence-electron chi connectivity index (χ4n) is 2.48. The first-order valence-electron chi connectivity index (χ1n) is 7.49. The topological polar surface area (TPSA) is 79.8 Å². The quantitative estimate of drug-likeness (QED) is 0.768. The van der Waals surface area contributed by atoms with E-state index in [4.69, 9.17) is 4.74 Å². The van der Waals surface area contributed by atoms with Crippen molar-refractivity contribution in [2.24, 2.45) is 0 Å². The minimum absolute atomic E-state index is 0.00705. The summed E-state index contributed by atoms with van der Waals surface area (Å²) < 4.78 is 5.28. The molecule has 0 bridgehead atoms. The Morgan fingerprint density at radius 1 is 1.13 bits per heavy atom. The molecule has 2 heterocycles. The first-order chi connectivity index (χ1) is 10.8. The molecule has 1 aliphatic heterocycles. The summed E-state index contributed by atoms with van der Waals surface area (Å²) in [5, 5.41) is 0.786. The SMILES string of the molecule is CC(=O)N1CCN(C(=O)C(C)OC(=O)c2sc(C)nc2C)CC1. The van der Waals surface area contributed by atoms with Crippen LogP contribution >= 0.6 is 11.3 Å². The van der Waals surface area contributed by atoms with Crippen LogP contribution in [-0.4, -0.2) is 64.9 Å². The summed E-state index contributed by atoms with van der Waals surface area (Å²) in [6.45, 7) is 8.58. The van der Waals surface area contributed by atoms with Crippen LogP contribution in [-0.2, 0) is 14.3 Å².